The number of hydrogen-bond acceptors (Lipinski definition) is 8. The molecule has 8 N–H and O–H groups in total. The van der Waals surface area contributed by atoms with Crippen molar-refractivity contribution in [2.45, 2.75) is 95.7 Å². The highest BCUT2D eigenvalue weighted by molar-refractivity contribution is 7.47. The van der Waals surface area contributed by atoms with Gasteiger partial charge >= 0.3 is 7.82 Å². The van der Waals surface area contributed by atoms with Crippen molar-refractivity contribution in [2.75, 3.05) is 13.2 Å². The van der Waals surface area contributed by atoms with Crippen LogP contribution in [0.2, 0.25) is 0 Å². The third-order valence-corrected chi connectivity index (χ3v) is 5.46. The van der Waals surface area contributed by atoms with E-state index < -0.39 is 32.0 Å². The average molecular weight is 414 g/mol. The molecule has 0 saturated carbocycles. The third kappa shape index (κ3) is 10.9. The summed E-state index contributed by atoms with van der Waals surface area (Å²) in [4.78, 5) is 9.73. The predicted molar refractivity (Wildman–Crippen MR) is 104 cm³/mol. The van der Waals surface area contributed by atoms with Crippen LogP contribution in [0, 0.1) is 0 Å². The van der Waals surface area contributed by atoms with E-state index in [0.717, 1.165) is 26.2 Å². The van der Waals surface area contributed by atoms with Crippen LogP contribution in [0.4, 0.5) is 0 Å². The van der Waals surface area contributed by atoms with Gasteiger partial charge in [0.2, 0.25) is 11.6 Å². The Morgan fingerprint density at radius 3 is 1.81 bits per heavy atom. The van der Waals surface area contributed by atoms with E-state index in [-0.39, 0.29) is 6.61 Å². The molecule has 0 amide bonds. The molecular formula is C17H39N2O7P. The van der Waals surface area contributed by atoms with Crippen molar-refractivity contribution in [3.8, 4) is 0 Å². The smallest absolute Gasteiger partial charge is 0.362 e. The van der Waals surface area contributed by atoms with Gasteiger partial charge in [-0.25, -0.2) is 9.09 Å². The largest absolute Gasteiger partial charge is 0.474 e. The van der Waals surface area contributed by atoms with Crippen LogP contribution in [0.1, 0.15) is 78.1 Å². The maximum Gasteiger partial charge on any atom is 0.474 e. The van der Waals surface area contributed by atoms with Crippen molar-refractivity contribution in [2.24, 2.45) is 11.5 Å². The Balaban J connectivity index is 4.11. The van der Waals surface area contributed by atoms with E-state index in [2.05, 4.69) is 11.4 Å². The van der Waals surface area contributed by atoms with Crippen LogP contribution in [0.3, 0.4) is 0 Å². The lowest BCUT2D eigenvalue weighted by Gasteiger charge is -2.40. The molecule has 0 bridgehead atoms. The summed E-state index contributed by atoms with van der Waals surface area (Å²) in [6, 6.07) is -1.51. The molecule has 0 aromatic carbocycles. The van der Waals surface area contributed by atoms with Crippen LogP contribution in [0.15, 0.2) is 0 Å². The Kier molecular flexibility index (Phi) is 13.1. The second kappa shape index (κ2) is 13.2. The van der Waals surface area contributed by atoms with Gasteiger partial charge in [0.15, 0.2) is 0 Å². The zero-order chi connectivity index (χ0) is 21.0. The Bertz CT molecular complexity index is 434. The molecule has 10 heteroatoms. The highest BCUT2D eigenvalue weighted by atomic mass is 31.2. The van der Waals surface area contributed by atoms with E-state index in [1.54, 1.807) is 0 Å². The number of aliphatic hydroxyl groups is 3. The number of phosphoric acid groups is 1. The molecule has 0 saturated heterocycles. The Morgan fingerprint density at radius 1 is 0.963 bits per heavy atom. The Morgan fingerprint density at radius 2 is 1.41 bits per heavy atom. The minimum atomic E-state index is -4.76. The monoisotopic (exact) mass is 414 g/mol. The van der Waals surface area contributed by atoms with E-state index in [0.29, 0.717) is 6.42 Å². The predicted octanol–water partition coefficient (Wildman–Crippen LogP) is 1.72. The zero-order valence-corrected chi connectivity index (χ0v) is 17.6. The topological polar surface area (TPSA) is 168 Å². The summed E-state index contributed by atoms with van der Waals surface area (Å²) in [7, 11) is -4.76. The first-order valence-corrected chi connectivity index (χ1v) is 11.3. The van der Waals surface area contributed by atoms with Crippen LogP contribution in [-0.4, -0.2) is 51.0 Å². The number of unbranched alkanes of at least 4 members (excludes halogenated alkanes) is 9. The van der Waals surface area contributed by atoms with Crippen molar-refractivity contribution in [3.05, 3.63) is 0 Å². The Hall–Kier alpha value is -0.0900. The fraction of sp³-hybridized carbons (Fsp3) is 1.00. The molecule has 3 atom stereocenters. The van der Waals surface area contributed by atoms with Crippen LogP contribution >= 0.6 is 7.82 Å². The van der Waals surface area contributed by atoms with Gasteiger partial charge in [-0.05, 0) is 13.3 Å². The maximum absolute atomic E-state index is 12.0. The highest BCUT2D eigenvalue weighted by Crippen LogP contribution is 2.49. The maximum atomic E-state index is 12.0. The first-order valence-electron chi connectivity index (χ1n) is 9.81. The van der Waals surface area contributed by atoms with E-state index >= 15 is 0 Å². The van der Waals surface area contributed by atoms with Gasteiger partial charge in [-0.15, -0.1) is 0 Å². The molecular weight excluding hydrogens is 375 g/mol. The minimum absolute atomic E-state index is 0.0637. The second-order valence-corrected chi connectivity index (χ2v) is 8.51. The molecule has 0 aliphatic carbocycles. The fourth-order valence-electron chi connectivity index (χ4n) is 2.64. The first kappa shape index (κ1) is 26.9. The number of rotatable bonds is 17. The highest BCUT2D eigenvalue weighted by Gasteiger charge is 2.55. The van der Waals surface area contributed by atoms with Crippen LogP contribution < -0.4 is 11.5 Å². The van der Waals surface area contributed by atoms with Crippen molar-refractivity contribution >= 4 is 7.82 Å². The molecule has 0 spiro atoms. The van der Waals surface area contributed by atoms with Gasteiger partial charge < -0.3 is 31.7 Å². The zero-order valence-electron chi connectivity index (χ0n) is 16.7. The van der Waals surface area contributed by atoms with E-state index in [1.807, 2.05) is 0 Å². The lowest BCUT2D eigenvalue weighted by molar-refractivity contribution is -0.346. The standard InChI is InChI=1S/C17H39N2O7P/c1-3-4-5-6-7-8-9-10-11-12-13-25-27(23,24)26-17(22,15(19)14-18)16(2,20)21/h15,20-22H,3-14,18-19H2,1-2H3,(H,23,24). The number of nitrogens with two attached hydrogens (primary N) is 2. The molecule has 0 radical (unpaired) electrons. The van der Waals surface area contributed by atoms with Crippen molar-refractivity contribution in [1.29, 1.82) is 0 Å². The van der Waals surface area contributed by atoms with Gasteiger partial charge in [-0.2, -0.15) is 0 Å². The van der Waals surface area contributed by atoms with Gasteiger partial charge in [0.25, 0.3) is 0 Å². The summed E-state index contributed by atoms with van der Waals surface area (Å²) in [6.45, 7) is 2.49. The number of hydrogen-bond donors (Lipinski definition) is 6. The van der Waals surface area contributed by atoms with Gasteiger partial charge in [0.1, 0.15) is 0 Å². The van der Waals surface area contributed by atoms with Crippen molar-refractivity contribution in [3.63, 3.8) is 0 Å². The lowest BCUT2D eigenvalue weighted by Crippen LogP contribution is -2.66. The van der Waals surface area contributed by atoms with Gasteiger partial charge in [0.05, 0.1) is 12.6 Å². The summed E-state index contributed by atoms with van der Waals surface area (Å²) >= 11 is 0. The normalized spacial score (nSPS) is 18.1. The Labute approximate surface area is 162 Å². The molecule has 0 aromatic heterocycles. The molecule has 0 fully saturated rings. The lowest BCUT2D eigenvalue weighted by atomic mass is 10.00. The van der Waals surface area contributed by atoms with Crippen molar-refractivity contribution < 1.29 is 33.8 Å². The third-order valence-electron chi connectivity index (χ3n) is 4.44. The molecule has 9 nitrogen and oxygen atoms in total. The summed E-state index contributed by atoms with van der Waals surface area (Å²) in [5, 5.41) is 29.4. The van der Waals surface area contributed by atoms with E-state index in [1.165, 1.54) is 38.5 Å². The van der Waals surface area contributed by atoms with Crippen LogP contribution in [0.25, 0.3) is 0 Å². The molecule has 0 rings (SSSR count). The van der Waals surface area contributed by atoms with Gasteiger partial charge in [-0.3, -0.25) is 4.52 Å². The van der Waals surface area contributed by atoms with Crippen molar-refractivity contribution in [1.82, 2.24) is 0 Å². The van der Waals surface area contributed by atoms with E-state index in [9.17, 15) is 24.8 Å². The van der Waals surface area contributed by atoms with Crippen LogP contribution in [0.5, 0.6) is 0 Å². The molecule has 0 aliphatic rings. The van der Waals surface area contributed by atoms with Gasteiger partial charge in [-0.1, -0.05) is 64.7 Å². The second-order valence-electron chi connectivity index (χ2n) is 7.13. The summed E-state index contributed by atoms with van der Waals surface area (Å²) in [5.41, 5.74) is 10.8. The van der Waals surface area contributed by atoms with E-state index in [4.69, 9.17) is 16.0 Å². The quantitative estimate of drug-likeness (QED) is 0.118. The molecule has 3 unspecified atom stereocenters. The molecule has 0 heterocycles. The fourth-order valence-corrected chi connectivity index (χ4v) is 3.71. The molecule has 0 aromatic rings. The number of phosphoric ester groups is 1. The SMILES string of the molecule is CCCCCCCCCCCCOP(=O)(O)OC(O)(C(N)CN)C(C)(O)O. The molecule has 0 aliphatic heterocycles. The summed E-state index contributed by atoms with van der Waals surface area (Å²) in [6.07, 6.45) is 11.0. The van der Waals surface area contributed by atoms with Crippen LogP contribution in [-0.2, 0) is 13.6 Å². The summed E-state index contributed by atoms with van der Waals surface area (Å²) in [5.74, 6) is -5.87. The molecule has 27 heavy (non-hydrogen) atoms. The average Bonchev–Trinajstić information content (AvgIpc) is 2.57. The van der Waals surface area contributed by atoms with Gasteiger partial charge in [0, 0.05) is 6.54 Å². The molecule has 164 valence electrons. The first-order chi connectivity index (χ1) is 12.5. The summed E-state index contributed by atoms with van der Waals surface area (Å²) < 4.78 is 21.4. The minimum Gasteiger partial charge on any atom is -0.362 e.